The summed E-state index contributed by atoms with van der Waals surface area (Å²) in [6.45, 7) is 4.70. The Bertz CT molecular complexity index is 257. The van der Waals surface area contributed by atoms with E-state index in [-0.39, 0.29) is 17.6 Å². The van der Waals surface area contributed by atoms with Crippen LogP contribution >= 0.6 is 11.8 Å². The molecule has 1 saturated heterocycles. The zero-order valence-corrected chi connectivity index (χ0v) is 10.8. The number of carbonyl (C=O) groups is 2. The Morgan fingerprint density at radius 3 is 2.71 bits per heavy atom. The normalized spacial score (nSPS) is 15.7. The van der Waals surface area contributed by atoms with Gasteiger partial charge in [-0.15, -0.1) is 11.8 Å². The van der Waals surface area contributed by atoms with Crippen LogP contribution in [-0.2, 0) is 19.2 Å². The van der Waals surface area contributed by atoms with Crippen LogP contribution in [0.5, 0.6) is 0 Å². The molecule has 1 heterocycles. The van der Waals surface area contributed by atoms with Gasteiger partial charge in [-0.25, -0.2) is 5.48 Å². The molecule has 0 atom stereocenters. The number of hydrogen-bond donors (Lipinski definition) is 1. The maximum Gasteiger partial charge on any atom is 0.253 e. The summed E-state index contributed by atoms with van der Waals surface area (Å²) in [6.07, 6.45) is 0. The Hall–Kier alpha value is -0.790. The summed E-state index contributed by atoms with van der Waals surface area (Å²) in [7, 11) is 0. The molecule has 98 valence electrons. The maximum atomic E-state index is 11.7. The molecule has 0 aliphatic carbocycles. The second-order valence-corrected chi connectivity index (χ2v) is 4.43. The predicted molar refractivity (Wildman–Crippen MR) is 64.5 cm³/mol. The van der Waals surface area contributed by atoms with Gasteiger partial charge in [0.25, 0.3) is 5.91 Å². The van der Waals surface area contributed by atoms with Crippen LogP contribution in [0.3, 0.4) is 0 Å². The number of amides is 2. The second kappa shape index (κ2) is 8.32. The highest BCUT2D eigenvalue weighted by molar-refractivity contribution is 8.00. The standard InChI is InChI=1S/C10H18N2O4S/c1-2-16-11-9(13)7-17-8-10(14)12-3-5-15-6-4-12/h2-8H2,1H3,(H,11,13). The van der Waals surface area contributed by atoms with Gasteiger partial charge < -0.3 is 9.64 Å². The molecular weight excluding hydrogens is 244 g/mol. The molecule has 0 radical (unpaired) electrons. The molecule has 0 aromatic rings. The van der Waals surface area contributed by atoms with E-state index in [1.807, 2.05) is 0 Å². The SMILES string of the molecule is CCONC(=O)CSCC(=O)N1CCOCC1. The highest BCUT2D eigenvalue weighted by Gasteiger charge is 2.16. The highest BCUT2D eigenvalue weighted by atomic mass is 32.2. The lowest BCUT2D eigenvalue weighted by molar-refractivity contribution is -0.132. The summed E-state index contributed by atoms with van der Waals surface area (Å²) in [6, 6.07) is 0. The lowest BCUT2D eigenvalue weighted by atomic mass is 10.4. The Labute approximate surface area is 105 Å². The maximum absolute atomic E-state index is 11.7. The molecule has 1 aliphatic rings. The van der Waals surface area contributed by atoms with E-state index in [4.69, 9.17) is 9.57 Å². The fourth-order valence-corrected chi connectivity index (χ4v) is 2.02. The molecule has 0 unspecified atom stereocenters. The van der Waals surface area contributed by atoms with E-state index < -0.39 is 0 Å². The first-order chi connectivity index (χ1) is 8.24. The number of hydrogen-bond acceptors (Lipinski definition) is 5. The summed E-state index contributed by atoms with van der Waals surface area (Å²) < 4.78 is 5.16. The van der Waals surface area contributed by atoms with Crippen molar-refractivity contribution in [3.63, 3.8) is 0 Å². The first-order valence-electron chi connectivity index (χ1n) is 5.58. The summed E-state index contributed by atoms with van der Waals surface area (Å²) in [5.41, 5.74) is 2.28. The van der Waals surface area contributed by atoms with Crippen LogP contribution in [0.4, 0.5) is 0 Å². The van der Waals surface area contributed by atoms with Gasteiger partial charge in [-0.05, 0) is 6.92 Å². The molecule has 17 heavy (non-hydrogen) atoms. The third kappa shape index (κ3) is 5.90. The quantitative estimate of drug-likeness (QED) is 0.662. The van der Waals surface area contributed by atoms with Crippen LogP contribution in [0.1, 0.15) is 6.92 Å². The molecule has 2 amide bonds. The summed E-state index contributed by atoms with van der Waals surface area (Å²) in [4.78, 5) is 29.3. The van der Waals surface area contributed by atoms with Crippen LogP contribution in [0.15, 0.2) is 0 Å². The van der Waals surface area contributed by atoms with E-state index in [1.165, 1.54) is 11.8 Å². The van der Waals surface area contributed by atoms with Gasteiger partial charge in [0.2, 0.25) is 5.91 Å². The Morgan fingerprint density at radius 1 is 1.35 bits per heavy atom. The Balaban J connectivity index is 2.08. The average molecular weight is 262 g/mol. The van der Waals surface area contributed by atoms with Gasteiger partial charge in [-0.2, -0.15) is 0 Å². The third-order valence-corrected chi connectivity index (χ3v) is 3.07. The van der Waals surface area contributed by atoms with Crippen molar-refractivity contribution in [3.05, 3.63) is 0 Å². The lowest BCUT2D eigenvalue weighted by Gasteiger charge is -2.26. The molecule has 0 aromatic heterocycles. The third-order valence-electron chi connectivity index (χ3n) is 2.15. The van der Waals surface area contributed by atoms with Gasteiger partial charge in [0.1, 0.15) is 0 Å². The van der Waals surface area contributed by atoms with Gasteiger partial charge in [0.15, 0.2) is 0 Å². The van der Waals surface area contributed by atoms with E-state index in [0.29, 0.717) is 38.7 Å². The number of morpholine rings is 1. The number of hydroxylamine groups is 1. The first-order valence-corrected chi connectivity index (χ1v) is 6.73. The van der Waals surface area contributed by atoms with E-state index in [1.54, 1.807) is 11.8 Å². The monoisotopic (exact) mass is 262 g/mol. The van der Waals surface area contributed by atoms with E-state index >= 15 is 0 Å². The number of rotatable bonds is 6. The molecule has 6 nitrogen and oxygen atoms in total. The van der Waals surface area contributed by atoms with Crippen molar-refractivity contribution >= 4 is 23.6 Å². The van der Waals surface area contributed by atoms with Crippen LogP contribution in [0, 0.1) is 0 Å². The zero-order valence-electron chi connectivity index (χ0n) is 9.94. The molecule has 0 spiro atoms. The fourth-order valence-electron chi connectivity index (χ4n) is 1.32. The number of nitrogens with zero attached hydrogens (tertiary/aromatic N) is 1. The molecule has 0 bridgehead atoms. The van der Waals surface area contributed by atoms with Crippen molar-refractivity contribution in [1.29, 1.82) is 0 Å². The lowest BCUT2D eigenvalue weighted by Crippen LogP contribution is -2.41. The van der Waals surface area contributed by atoms with Gasteiger partial charge in [-0.3, -0.25) is 14.4 Å². The zero-order chi connectivity index (χ0) is 12.5. The van der Waals surface area contributed by atoms with Crippen LogP contribution in [0.25, 0.3) is 0 Å². The Kier molecular flexibility index (Phi) is 6.99. The van der Waals surface area contributed by atoms with Gasteiger partial charge in [0, 0.05) is 13.1 Å². The fraction of sp³-hybridized carbons (Fsp3) is 0.800. The van der Waals surface area contributed by atoms with Crippen LogP contribution < -0.4 is 5.48 Å². The molecule has 1 fully saturated rings. The second-order valence-electron chi connectivity index (χ2n) is 3.44. The minimum atomic E-state index is -0.216. The Morgan fingerprint density at radius 2 is 2.06 bits per heavy atom. The minimum absolute atomic E-state index is 0.0579. The van der Waals surface area contributed by atoms with Crippen molar-refractivity contribution < 1.29 is 19.2 Å². The average Bonchev–Trinajstić information content (AvgIpc) is 2.37. The van der Waals surface area contributed by atoms with E-state index in [2.05, 4.69) is 5.48 Å². The molecule has 0 saturated carbocycles. The predicted octanol–water partition coefficient (Wildman–Crippen LogP) is -0.354. The van der Waals surface area contributed by atoms with Crippen molar-refractivity contribution in [3.8, 4) is 0 Å². The highest BCUT2D eigenvalue weighted by Crippen LogP contribution is 2.04. The molecule has 0 aromatic carbocycles. The minimum Gasteiger partial charge on any atom is -0.378 e. The number of thioether (sulfide) groups is 1. The molecular formula is C10H18N2O4S. The van der Waals surface area contributed by atoms with E-state index in [0.717, 1.165) is 0 Å². The van der Waals surface area contributed by atoms with Gasteiger partial charge >= 0.3 is 0 Å². The largest absolute Gasteiger partial charge is 0.378 e. The molecule has 1 rings (SSSR count). The molecule has 1 N–H and O–H groups in total. The number of nitrogens with one attached hydrogen (secondary N) is 1. The summed E-state index contributed by atoms with van der Waals surface area (Å²) in [5, 5.41) is 0. The van der Waals surface area contributed by atoms with Crippen LogP contribution in [0.2, 0.25) is 0 Å². The van der Waals surface area contributed by atoms with Crippen LogP contribution in [-0.4, -0.2) is 61.1 Å². The number of carbonyl (C=O) groups excluding carboxylic acids is 2. The summed E-state index contributed by atoms with van der Waals surface area (Å²) >= 11 is 1.29. The van der Waals surface area contributed by atoms with Gasteiger partial charge in [0.05, 0.1) is 31.3 Å². The van der Waals surface area contributed by atoms with Crippen molar-refractivity contribution in [2.75, 3.05) is 44.4 Å². The number of ether oxygens (including phenoxy) is 1. The van der Waals surface area contributed by atoms with Crippen molar-refractivity contribution in [1.82, 2.24) is 10.4 Å². The van der Waals surface area contributed by atoms with E-state index in [9.17, 15) is 9.59 Å². The molecule has 7 heteroatoms. The van der Waals surface area contributed by atoms with Gasteiger partial charge in [-0.1, -0.05) is 0 Å². The van der Waals surface area contributed by atoms with Crippen molar-refractivity contribution in [2.24, 2.45) is 0 Å². The summed E-state index contributed by atoms with van der Waals surface area (Å²) in [5.74, 6) is 0.393. The topological polar surface area (TPSA) is 67.9 Å². The molecule has 1 aliphatic heterocycles. The first kappa shape index (κ1) is 14.3. The van der Waals surface area contributed by atoms with Crippen molar-refractivity contribution in [2.45, 2.75) is 6.92 Å². The smallest absolute Gasteiger partial charge is 0.253 e.